The molecule has 0 N–H and O–H groups in total. The maximum atomic E-state index is 10.8. The molecule has 0 aromatic heterocycles. The molecule has 3 nitrogen and oxygen atoms in total. The van der Waals surface area contributed by atoms with E-state index in [0.717, 1.165) is 36.0 Å². The lowest BCUT2D eigenvalue weighted by molar-refractivity contribution is -0.0995. The summed E-state index contributed by atoms with van der Waals surface area (Å²) in [7, 11) is 0. The van der Waals surface area contributed by atoms with Crippen LogP contribution in [0.5, 0.6) is 5.75 Å². The summed E-state index contributed by atoms with van der Waals surface area (Å²) in [5.74, 6) is 0.763. The van der Waals surface area contributed by atoms with E-state index in [1.165, 1.54) is 0 Å². The standard InChI is InChI=1S/C17H16O3/c18-11-14-6-7-15-8-9-17(20-16(15)10-14)19-12-13-4-2-1-3-5-13/h1-7,10-11,17H,8-9,12H2. The van der Waals surface area contributed by atoms with E-state index < -0.39 is 0 Å². The minimum Gasteiger partial charge on any atom is -0.465 e. The maximum Gasteiger partial charge on any atom is 0.200 e. The monoisotopic (exact) mass is 268 g/mol. The van der Waals surface area contributed by atoms with E-state index in [9.17, 15) is 4.79 Å². The fourth-order valence-corrected chi connectivity index (χ4v) is 2.32. The molecule has 2 aromatic carbocycles. The molecule has 2 aromatic rings. The summed E-state index contributed by atoms with van der Waals surface area (Å²) in [6.45, 7) is 0.536. The Morgan fingerprint density at radius 2 is 2.05 bits per heavy atom. The molecule has 0 bridgehead atoms. The first-order valence-corrected chi connectivity index (χ1v) is 6.75. The van der Waals surface area contributed by atoms with Gasteiger partial charge in [-0.1, -0.05) is 42.5 Å². The number of ether oxygens (including phenoxy) is 2. The Bertz CT molecular complexity index is 592. The summed E-state index contributed by atoms with van der Waals surface area (Å²) in [5, 5.41) is 0. The van der Waals surface area contributed by atoms with Crippen LogP contribution in [-0.2, 0) is 17.8 Å². The van der Waals surface area contributed by atoms with Crippen molar-refractivity contribution in [2.75, 3.05) is 0 Å². The molecule has 0 amide bonds. The number of aldehydes is 1. The van der Waals surface area contributed by atoms with Gasteiger partial charge in [-0.25, -0.2) is 0 Å². The van der Waals surface area contributed by atoms with E-state index in [2.05, 4.69) is 0 Å². The van der Waals surface area contributed by atoms with Crippen molar-refractivity contribution >= 4 is 6.29 Å². The van der Waals surface area contributed by atoms with E-state index in [1.807, 2.05) is 42.5 Å². The van der Waals surface area contributed by atoms with E-state index in [4.69, 9.17) is 9.47 Å². The van der Waals surface area contributed by atoms with Gasteiger partial charge in [0, 0.05) is 12.0 Å². The number of hydrogen-bond acceptors (Lipinski definition) is 3. The minimum absolute atomic E-state index is 0.246. The first-order chi connectivity index (χ1) is 9.85. The van der Waals surface area contributed by atoms with Crippen LogP contribution in [0.1, 0.15) is 27.9 Å². The Morgan fingerprint density at radius 1 is 1.20 bits per heavy atom. The van der Waals surface area contributed by atoms with Gasteiger partial charge in [0.1, 0.15) is 12.0 Å². The van der Waals surface area contributed by atoms with Crippen LogP contribution in [0.25, 0.3) is 0 Å². The molecule has 20 heavy (non-hydrogen) atoms. The lowest BCUT2D eigenvalue weighted by atomic mass is 10.0. The van der Waals surface area contributed by atoms with Crippen LogP contribution in [0, 0.1) is 0 Å². The summed E-state index contributed by atoms with van der Waals surface area (Å²) in [5.41, 5.74) is 2.89. The molecule has 1 unspecified atom stereocenters. The van der Waals surface area contributed by atoms with Crippen molar-refractivity contribution in [1.82, 2.24) is 0 Å². The van der Waals surface area contributed by atoms with Crippen molar-refractivity contribution in [2.24, 2.45) is 0 Å². The van der Waals surface area contributed by atoms with E-state index in [-0.39, 0.29) is 6.29 Å². The van der Waals surface area contributed by atoms with Crippen LogP contribution in [0.4, 0.5) is 0 Å². The first-order valence-electron chi connectivity index (χ1n) is 6.75. The Balaban J connectivity index is 1.64. The third kappa shape index (κ3) is 2.89. The van der Waals surface area contributed by atoms with Gasteiger partial charge in [0.15, 0.2) is 0 Å². The Labute approximate surface area is 118 Å². The van der Waals surface area contributed by atoms with E-state index >= 15 is 0 Å². The molecule has 3 rings (SSSR count). The molecule has 0 spiro atoms. The molecule has 1 aliphatic rings. The summed E-state index contributed by atoms with van der Waals surface area (Å²) in [6, 6.07) is 15.6. The molecule has 3 heteroatoms. The van der Waals surface area contributed by atoms with Gasteiger partial charge >= 0.3 is 0 Å². The lowest BCUT2D eigenvalue weighted by Crippen LogP contribution is -2.25. The quantitative estimate of drug-likeness (QED) is 0.797. The van der Waals surface area contributed by atoms with Crippen LogP contribution in [0.2, 0.25) is 0 Å². The summed E-state index contributed by atoms with van der Waals surface area (Å²) < 4.78 is 11.6. The zero-order valence-electron chi connectivity index (χ0n) is 11.1. The van der Waals surface area contributed by atoms with Crippen molar-refractivity contribution in [3.05, 3.63) is 65.2 Å². The maximum absolute atomic E-state index is 10.8. The zero-order valence-corrected chi connectivity index (χ0v) is 11.1. The fraction of sp³-hybridized carbons (Fsp3) is 0.235. The van der Waals surface area contributed by atoms with Crippen LogP contribution >= 0.6 is 0 Å². The molecule has 0 radical (unpaired) electrons. The van der Waals surface area contributed by atoms with Gasteiger partial charge in [-0.2, -0.15) is 0 Å². The molecule has 1 heterocycles. The average Bonchev–Trinajstić information content (AvgIpc) is 2.53. The van der Waals surface area contributed by atoms with Gasteiger partial charge in [0.25, 0.3) is 0 Å². The van der Waals surface area contributed by atoms with Crippen LogP contribution in [0.15, 0.2) is 48.5 Å². The second kappa shape index (κ2) is 5.88. The average molecular weight is 268 g/mol. The Hall–Kier alpha value is -2.13. The highest BCUT2D eigenvalue weighted by Crippen LogP contribution is 2.29. The smallest absolute Gasteiger partial charge is 0.200 e. The Kier molecular flexibility index (Phi) is 3.79. The van der Waals surface area contributed by atoms with Gasteiger partial charge in [0.2, 0.25) is 6.29 Å². The molecule has 1 aliphatic heterocycles. The van der Waals surface area contributed by atoms with Gasteiger partial charge in [0.05, 0.1) is 6.61 Å². The highest BCUT2D eigenvalue weighted by molar-refractivity contribution is 5.76. The first kappa shape index (κ1) is 12.9. The SMILES string of the molecule is O=Cc1ccc2c(c1)OC(OCc1ccccc1)CC2. The number of benzene rings is 2. The second-order valence-corrected chi connectivity index (χ2v) is 4.87. The summed E-state index contributed by atoms with van der Waals surface area (Å²) >= 11 is 0. The summed E-state index contributed by atoms with van der Waals surface area (Å²) in [6.07, 6.45) is 2.33. The third-order valence-electron chi connectivity index (χ3n) is 3.41. The molecule has 0 fully saturated rings. The predicted octanol–water partition coefficient (Wildman–Crippen LogP) is 3.37. The van der Waals surface area contributed by atoms with Crippen LogP contribution < -0.4 is 4.74 Å². The Morgan fingerprint density at radius 3 is 2.85 bits per heavy atom. The molecule has 0 aliphatic carbocycles. The molecular weight excluding hydrogens is 252 g/mol. The highest BCUT2D eigenvalue weighted by atomic mass is 16.7. The number of fused-ring (bicyclic) bond motifs is 1. The number of aryl methyl sites for hydroxylation is 1. The van der Waals surface area contributed by atoms with Crippen molar-refractivity contribution in [2.45, 2.75) is 25.7 Å². The number of hydrogen-bond donors (Lipinski definition) is 0. The number of rotatable bonds is 4. The molecule has 0 saturated heterocycles. The molecule has 102 valence electrons. The highest BCUT2D eigenvalue weighted by Gasteiger charge is 2.20. The zero-order chi connectivity index (χ0) is 13.8. The number of carbonyl (C=O) groups excluding carboxylic acids is 1. The van der Waals surface area contributed by atoms with Crippen molar-refractivity contribution in [3.63, 3.8) is 0 Å². The normalized spacial score (nSPS) is 17.1. The third-order valence-corrected chi connectivity index (χ3v) is 3.41. The summed E-state index contributed by atoms with van der Waals surface area (Å²) in [4.78, 5) is 10.8. The van der Waals surface area contributed by atoms with Gasteiger partial charge in [-0.15, -0.1) is 0 Å². The van der Waals surface area contributed by atoms with Crippen molar-refractivity contribution in [1.29, 1.82) is 0 Å². The predicted molar refractivity (Wildman–Crippen MR) is 75.8 cm³/mol. The van der Waals surface area contributed by atoms with E-state index in [1.54, 1.807) is 6.07 Å². The number of carbonyl (C=O) groups is 1. The minimum atomic E-state index is -0.246. The van der Waals surface area contributed by atoms with Gasteiger partial charge in [-0.05, 0) is 23.6 Å². The largest absolute Gasteiger partial charge is 0.465 e. The lowest BCUT2D eigenvalue weighted by Gasteiger charge is -2.26. The fourth-order valence-electron chi connectivity index (χ4n) is 2.32. The topological polar surface area (TPSA) is 35.5 Å². The van der Waals surface area contributed by atoms with Crippen molar-refractivity contribution < 1.29 is 14.3 Å². The molecular formula is C17H16O3. The van der Waals surface area contributed by atoms with Crippen molar-refractivity contribution in [3.8, 4) is 5.75 Å². The van der Waals surface area contributed by atoms with Gasteiger partial charge < -0.3 is 9.47 Å². The second-order valence-electron chi connectivity index (χ2n) is 4.87. The van der Waals surface area contributed by atoms with E-state index in [0.29, 0.717) is 12.2 Å². The molecule has 0 saturated carbocycles. The molecule has 1 atom stereocenters. The van der Waals surface area contributed by atoms with Gasteiger partial charge in [-0.3, -0.25) is 4.79 Å². The van der Waals surface area contributed by atoms with Crippen LogP contribution in [-0.4, -0.2) is 12.6 Å². The van der Waals surface area contributed by atoms with Crippen LogP contribution in [0.3, 0.4) is 0 Å².